The lowest BCUT2D eigenvalue weighted by molar-refractivity contribution is -0.132. The molecule has 0 radical (unpaired) electrons. The Morgan fingerprint density at radius 1 is 1.00 bits per heavy atom. The van der Waals surface area contributed by atoms with E-state index in [2.05, 4.69) is 0 Å². The topological polar surface area (TPSA) is 76.1 Å². The maximum absolute atomic E-state index is 13.5. The average molecular weight is 447 g/mol. The molecule has 1 atom stereocenters. The molecule has 33 heavy (non-hydrogen) atoms. The second-order valence-corrected chi connectivity index (χ2v) is 7.38. The lowest BCUT2D eigenvalue weighted by Crippen LogP contribution is -2.29. The smallest absolute Gasteiger partial charge is 0.300 e. The Bertz CT molecular complexity index is 1220. The van der Waals surface area contributed by atoms with E-state index in [4.69, 9.17) is 9.47 Å². The highest BCUT2D eigenvalue weighted by Crippen LogP contribution is 2.42. The van der Waals surface area contributed by atoms with E-state index in [1.165, 1.54) is 36.3 Å². The second-order valence-electron chi connectivity index (χ2n) is 7.38. The van der Waals surface area contributed by atoms with Crippen molar-refractivity contribution in [1.82, 2.24) is 0 Å². The minimum Gasteiger partial charge on any atom is -0.507 e. The first-order valence-electron chi connectivity index (χ1n) is 10.4. The number of hydrogen-bond donors (Lipinski definition) is 1. The number of aliphatic hydroxyl groups excluding tert-OH is 1. The highest BCUT2D eigenvalue weighted by atomic mass is 19.1. The van der Waals surface area contributed by atoms with Gasteiger partial charge in [-0.05, 0) is 73.2 Å². The number of ketones is 1. The molecule has 0 spiro atoms. The first-order chi connectivity index (χ1) is 15.9. The number of methoxy groups -OCH3 is 1. The number of benzene rings is 3. The molecule has 1 N–H and O–H groups in total. The van der Waals surface area contributed by atoms with Crippen LogP contribution < -0.4 is 14.4 Å². The highest BCUT2D eigenvalue weighted by Gasteiger charge is 2.47. The number of rotatable bonds is 6. The van der Waals surface area contributed by atoms with Crippen molar-refractivity contribution >= 4 is 23.1 Å². The van der Waals surface area contributed by atoms with Crippen molar-refractivity contribution < 1.29 is 28.6 Å². The van der Waals surface area contributed by atoms with Crippen LogP contribution in [0.3, 0.4) is 0 Å². The maximum atomic E-state index is 13.5. The molecule has 1 aliphatic rings. The van der Waals surface area contributed by atoms with Crippen molar-refractivity contribution in [1.29, 1.82) is 0 Å². The van der Waals surface area contributed by atoms with E-state index in [0.29, 0.717) is 34.9 Å². The number of anilines is 1. The predicted octanol–water partition coefficient (Wildman–Crippen LogP) is 4.86. The third kappa shape index (κ3) is 4.17. The van der Waals surface area contributed by atoms with Crippen molar-refractivity contribution in [2.24, 2.45) is 0 Å². The van der Waals surface area contributed by atoms with Gasteiger partial charge < -0.3 is 14.6 Å². The Labute approximate surface area is 190 Å². The summed E-state index contributed by atoms with van der Waals surface area (Å²) in [7, 11) is 1.51. The predicted molar refractivity (Wildman–Crippen MR) is 122 cm³/mol. The van der Waals surface area contributed by atoms with Crippen LogP contribution in [0.4, 0.5) is 10.1 Å². The Morgan fingerprint density at radius 2 is 1.70 bits per heavy atom. The fourth-order valence-corrected chi connectivity index (χ4v) is 3.86. The second kappa shape index (κ2) is 9.16. The van der Waals surface area contributed by atoms with Crippen molar-refractivity contribution in [3.05, 3.63) is 95.3 Å². The molecular weight excluding hydrogens is 425 g/mol. The van der Waals surface area contributed by atoms with E-state index in [1.54, 1.807) is 48.5 Å². The van der Waals surface area contributed by atoms with Gasteiger partial charge in [0.15, 0.2) is 0 Å². The van der Waals surface area contributed by atoms with Crippen LogP contribution in [0.25, 0.3) is 5.76 Å². The van der Waals surface area contributed by atoms with E-state index >= 15 is 0 Å². The summed E-state index contributed by atoms with van der Waals surface area (Å²) >= 11 is 0. The van der Waals surface area contributed by atoms with Gasteiger partial charge in [-0.15, -0.1) is 0 Å². The molecule has 3 aromatic carbocycles. The van der Waals surface area contributed by atoms with Gasteiger partial charge in [0.05, 0.1) is 25.3 Å². The maximum Gasteiger partial charge on any atom is 0.300 e. The molecule has 1 saturated heterocycles. The van der Waals surface area contributed by atoms with Crippen LogP contribution in [0, 0.1) is 5.82 Å². The summed E-state index contributed by atoms with van der Waals surface area (Å²) in [5.74, 6) is -1.29. The molecule has 6 nitrogen and oxygen atoms in total. The van der Waals surface area contributed by atoms with E-state index in [1.807, 2.05) is 6.92 Å². The number of carbonyl (C=O) groups is 2. The molecule has 7 heteroatoms. The monoisotopic (exact) mass is 447 g/mol. The molecular formula is C26H22FNO5. The van der Waals surface area contributed by atoms with Crippen LogP contribution in [0.15, 0.2) is 78.4 Å². The van der Waals surface area contributed by atoms with Crippen LogP contribution in [0.5, 0.6) is 11.5 Å². The zero-order valence-corrected chi connectivity index (χ0v) is 18.1. The minimum absolute atomic E-state index is 0.0678. The van der Waals surface area contributed by atoms with Gasteiger partial charge in [0, 0.05) is 11.3 Å². The van der Waals surface area contributed by atoms with Crippen molar-refractivity contribution in [2.75, 3.05) is 18.6 Å². The van der Waals surface area contributed by atoms with Gasteiger partial charge in [-0.25, -0.2) is 4.39 Å². The third-order valence-electron chi connectivity index (χ3n) is 5.40. The molecule has 1 heterocycles. The van der Waals surface area contributed by atoms with Gasteiger partial charge in [0.1, 0.15) is 23.1 Å². The fourth-order valence-electron chi connectivity index (χ4n) is 3.86. The molecule has 1 fully saturated rings. The SMILES string of the molecule is CCOc1ccc(/C(O)=C2/C(=O)C(=O)N(c3ccc(F)cc3)C2c2cccc(OC)c2)cc1. The van der Waals surface area contributed by atoms with Crippen molar-refractivity contribution in [3.8, 4) is 11.5 Å². The normalized spacial score (nSPS) is 17.3. The molecule has 4 rings (SSSR count). The van der Waals surface area contributed by atoms with Gasteiger partial charge in [0.2, 0.25) is 0 Å². The fraction of sp³-hybridized carbons (Fsp3) is 0.154. The Hall–Kier alpha value is -4.13. The van der Waals surface area contributed by atoms with Crippen LogP contribution in [0.2, 0.25) is 0 Å². The molecule has 1 aliphatic heterocycles. The average Bonchev–Trinajstić information content (AvgIpc) is 3.10. The number of Topliss-reactive ketones (excluding diaryl/α,β-unsaturated/α-hetero) is 1. The number of carbonyl (C=O) groups excluding carboxylic acids is 2. The molecule has 1 unspecified atom stereocenters. The summed E-state index contributed by atoms with van der Waals surface area (Å²) in [6, 6.07) is 17.8. The van der Waals surface area contributed by atoms with Crippen LogP contribution in [-0.4, -0.2) is 30.5 Å². The number of halogens is 1. The van der Waals surface area contributed by atoms with Crippen molar-refractivity contribution in [2.45, 2.75) is 13.0 Å². The van der Waals surface area contributed by atoms with Gasteiger partial charge in [0.25, 0.3) is 11.7 Å². The lowest BCUT2D eigenvalue weighted by Gasteiger charge is -2.25. The largest absolute Gasteiger partial charge is 0.507 e. The van der Waals surface area contributed by atoms with Gasteiger partial charge in [-0.1, -0.05) is 12.1 Å². The zero-order valence-electron chi connectivity index (χ0n) is 18.1. The summed E-state index contributed by atoms with van der Waals surface area (Å²) < 4.78 is 24.3. The van der Waals surface area contributed by atoms with E-state index < -0.39 is 23.5 Å². The van der Waals surface area contributed by atoms with Crippen LogP contribution >= 0.6 is 0 Å². The number of amides is 1. The number of nitrogens with zero attached hydrogens (tertiary/aromatic N) is 1. The van der Waals surface area contributed by atoms with Gasteiger partial charge >= 0.3 is 0 Å². The van der Waals surface area contributed by atoms with E-state index in [0.717, 1.165) is 0 Å². The summed E-state index contributed by atoms with van der Waals surface area (Å²) in [5, 5.41) is 11.1. The number of aliphatic hydroxyl groups is 1. The summed E-state index contributed by atoms with van der Waals surface area (Å²) in [4.78, 5) is 27.5. The first-order valence-corrected chi connectivity index (χ1v) is 10.4. The molecule has 1 amide bonds. The molecule has 3 aromatic rings. The summed E-state index contributed by atoms with van der Waals surface area (Å²) in [6.45, 7) is 2.35. The van der Waals surface area contributed by atoms with E-state index in [-0.39, 0.29) is 11.3 Å². The third-order valence-corrected chi connectivity index (χ3v) is 5.40. The van der Waals surface area contributed by atoms with Gasteiger partial charge in [-0.2, -0.15) is 0 Å². The zero-order chi connectivity index (χ0) is 23.5. The Morgan fingerprint density at radius 3 is 2.33 bits per heavy atom. The number of ether oxygens (including phenoxy) is 2. The molecule has 0 aromatic heterocycles. The molecule has 0 bridgehead atoms. The van der Waals surface area contributed by atoms with E-state index in [9.17, 15) is 19.1 Å². The lowest BCUT2D eigenvalue weighted by atomic mass is 9.95. The quantitative estimate of drug-likeness (QED) is 0.332. The first kappa shape index (κ1) is 22.1. The Balaban J connectivity index is 1.89. The molecule has 0 aliphatic carbocycles. The molecule has 0 saturated carbocycles. The highest BCUT2D eigenvalue weighted by molar-refractivity contribution is 6.51. The number of hydrogen-bond acceptors (Lipinski definition) is 5. The summed E-state index contributed by atoms with van der Waals surface area (Å²) in [5.41, 5.74) is 1.19. The minimum atomic E-state index is -0.933. The van der Waals surface area contributed by atoms with Crippen molar-refractivity contribution in [3.63, 3.8) is 0 Å². The molecule has 168 valence electrons. The Kier molecular flexibility index (Phi) is 6.13. The van der Waals surface area contributed by atoms with Crippen LogP contribution in [-0.2, 0) is 9.59 Å². The standard InChI is InChI=1S/C26H22FNO5/c1-3-33-20-13-7-16(8-14-20)24(29)22-23(17-5-4-6-21(15-17)32-2)28(26(31)25(22)30)19-11-9-18(27)10-12-19/h4-15,23,29H,3H2,1-2H3/b24-22-. The van der Waals surface area contributed by atoms with Crippen LogP contribution in [0.1, 0.15) is 24.1 Å². The summed E-state index contributed by atoms with van der Waals surface area (Å²) in [6.07, 6.45) is 0. The van der Waals surface area contributed by atoms with Gasteiger partial charge in [-0.3, -0.25) is 14.5 Å².